The van der Waals surface area contributed by atoms with E-state index in [0.29, 0.717) is 5.56 Å². The minimum atomic E-state index is -0.287. The van der Waals surface area contributed by atoms with Gasteiger partial charge in [0.1, 0.15) is 5.82 Å². The summed E-state index contributed by atoms with van der Waals surface area (Å²) in [4.78, 5) is 15.0. The summed E-state index contributed by atoms with van der Waals surface area (Å²) >= 11 is 0. The maximum atomic E-state index is 13.0. The number of hydrogen-bond donors (Lipinski definition) is 0. The molecule has 1 unspecified atom stereocenters. The van der Waals surface area contributed by atoms with Crippen LogP contribution in [0, 0.1) is 5.82 Å². The first-order valence-electron chi connectivity index (χ1n) is 7.76. The Morgan fingerprint density at radius 3 is 2.38 bits per heavy atom. The number of Topliss-reactive ketones (excluding diaryl/α,β-unsaturated/α-hetero) is 1. The standard InChI is InChI=1S/C17H24FNO.ClH/c1-2-3-4-7-16(19-12-5-6-13-19)17(20)14-8-10-15(18)11-9-14;/h8-11,16H,2-7,12-13H2,1H3;1H. The summed E-state index contributed by atoms with van der Waals surface area (Å²) in [6, 6.07) is 5.95. The van der Waals surface area contributed by atoms with Crippen molar-refractivity contribution in [2.24, 2.45) is 0 Å². The largest absolute Gasteiger partial charge is 0.293 e. The summed E-state index contributed by atoms with van der Waals surface area (Å²) in [7, 11) is 0. The summed E-state index contributed by atoms with van der Waals surface area (Å²) in [6.45, 7) is 4.21. The fourth-order valence-electron chi connectivity index (χ4n) is 2.93. The average molecular weight is 314 g/mol. The van der Waals surface area contributed by atoms with E-state index in [9.17, 15) is 9.18 Å². The van der Waals surface area contributed by atoms with Crippen molar-refractivity contribution < 1.29 is 9.18 Å². The molecule has 0 N–H and O–H groups in total. The maximum Gasteiger partial charge on any atom is 0.179 e. The molecule has 2 rings (SSSR count). The monoisotopic (exact) mass is 313 g/mol. The Hall–Kier alpha value is -0.930. The number of nitrogens with zero attached hydrogens (tertiary/aromatic N) is 1. The van der Waals surface area contributed by atoms with Crippen LogP contribution in [0.3, 0.4) is 0 Å². The third-order valence-electron chi connectivity index (χ3n) is 4.09. The van der Waals surface area contributed by atoms with Crippen LogP contribution in [0.15, 0.2) is 24.3 Å². The fourth-order valence-corrected chi connectivity index (χ4v) is 2.93. The number of carbonyl (C=O) groups excluding carboxylic acids is 1. The Balaban J connectivity index is 0.00000220. The molecule has 1 heterocycles. The molecule has 21 heavy (non-hydrogen) atoms. The van der Waals surface area contributed by atoms with Gasteiger partial charge in [-0.25, -0.2) is 4.39 Å². The fraction of sp³-hybridized carbons (Fsp3) is 0.588. The molecule has 0 amide bonds. The highest BCUT2D eigenvalue weighted by atomic mass is 35.5. The van der Waals surface area contributed by atoms with Crippen LogP contribution in [0.5, 0.6) is 0 Å². The SMILES string of the molecule is CCCCCC(C(=O)c1ccc(F)cc1)N1CCCC1.Cl. The van der Waals surface area contributed by atoms with Crippen molar-refractivity contribution in [1.82, 2.24) is 4.90 Å². The van der Waals surface area contributed by atoms with E-state index in [0.717, 1.165) is 32.4 Å². The number of ketones is 1. The second-order valence-electron chi connectivity index (χ2n) is 5.63. The van der Waals surface area contributed by atoms with E-state index in [1.54, 1.807) is 12.1 Å². The Morgan fingerprint density at radius 2 is 1.81 bits per heavy atom. The molecule has 1 aliphatic heterocycles. The molecule has 1 fully saturated rings. The lowest BCUT2D eigenvalue weighted by Crippen LogP contribution is -2.39. The third-order valence-corrected chi connectivity index (χ3v) is 4.09. The van der Waals surface area contributed by atoms with Gasteiger partial charge in [0.15, 0.2) is 5.78 Å². The normalized spacial score (nSPS) is 16.5. The quantitative estimate of drug-likeness (QED) is 0.546. The molecule has 118 valence electrons. The lowest BCUT2D eigenvalue weighted by Gasteiger charge is -2.26. The van der Waals surface area contributed by atoms with E-state index < -0.39 is 0 Å². The lowest BCUT2D eigenvalue weighted by molar-refractivity contribution is 0.0835. The van der Waals surface area contributed by atoms with Crippen LogP contribution in [0.1, 0.15) is 55.8 Å². The van der Waals surface area contributed by atoms with Crippen LogP contribution in [-0.2, 0) is 0 Å². The molecular formula is C17H25ClFNO. The van der Waals surface area contributed by atoms with Crippen molar-refractivity contribution in [3.8, 4) is 0 Å². The highest BCUT2D eigenvalue weighted by molar-refractivity contribution is 6.00. The molecule has 0 aromatic heterocycles. The van der Waals surface area contributed by atoms with E-state index in [2.05, 4.69) is 11.8 Å². The van der Waals surface area contributed by atoms with E-state index in [-0.39, 0.29) is 30.0 Å². The summed E-state index contributed by atoms with van der Waals surface area (Å²) in [6.07, 6.45) is 6.70. The molecule has 1 aromatic carbocycles. The van der Waals surface area contributed by atoms with Crippen LogP contribution in [0.25, 0.3) is 0 Å². The van der Waals surface area contributed by atoms with Crippen LogP contribution in [0.2, 0.25) is 0 Å². The van der Waals surface area contributed by atoms with Gasteiger partial charge in [0, 0.05) is 5.56 Å². The molecule has 0 radical (unpaired) electrons. The van der Waals surface area contributed by atoms with Gasteiger partial charge in [0.2, 0.25) is 0 Å². The molecule has 0 aliphatic carbocycles. The predicted molar refractivity (Wildman–Crippen MR) is 86.7 cm³/mol. The van der Waals surface area contributed by atoms with Crippen molar-refractivity contribution in [2.75, 3.05) is 13.1 Å². The smallest absolute Gasteiger partial charge is 0.179 e. The van der Waals surface area contributed by atoms with E-state index in [4.69, 9.17) is 0 Å². The van der Waals surface area contributed by atoms with Gasteiger partial charge in [-0.15, -0.1) is 12.4 Å². The highest BCUT2D eigenvalue weighted by Gasteiger charge is 2.28. The van der Waals surface area contributed by atoms with E-state index in [1.807, 2.05) is 0 Å². The zero-order chi connectivity index (χ0) is 14.4. The van der Waals surface area contributed by atoms with Crippen molar-refractivity contribution in [3.63, 3.8) is 0 Å². The number of rotatable bonds is 7. The Morgan fingerprint density at radius 1 is 1.19 bits per heavy atom. The number of unbranched alkanes of at least 4 members (excludes halogenated alkanes) is 2. The van der Waals surface area contributed by atoms with Crippen LogP contribution in [-0.4, -0.2) is 29.8 Å². The first-order chi connectivity index (χ1) is 9.72. The minimum absolute atomic E-state index is 0. The van der Waals surface area contributed by atoms with Gasteiger partial charge < -0.3 is 0 Å². The Bertz CT molecular complexity index is 429. The van der Waals surface area contributed by atoms with Gasteiger partial charge >= 0.3 is 0 Å². The number of benzene rings is 1. The first-order valence-corrected chi connectivity index (χ1v) is 7.76. The zero-order valence-corrected chi connectivity index (χ0v) is 13.5. The molecule has 1 atom stereocenters. The van der Waals surface area contributed by atoms with E-state index in [1.165, 1.54) is 31.4 Å². The number of halogens is 2. The molecule has 4 heteroatoms. The lowest BCUT2D eigenvalue weighted by atomic mass is 9.97. The summed E-state index contributed by atoms with van der Waals surface area (Å²) in [5, 5.41) is 0. The predicted octanol–water partition coefficient (Wildman–Crippen LogP) is 4.47. The Labute approximate surface area is 133 Å². The van der Waals surface area contributed by atoms with Gasteiger partial charge in [0.25, 0.3) is 0 Å². The molecule has 0 saturated carbocycles. The van der Waals surface area contributed by atoms with Crippen LogP contribution < -0.4 is 0 Å². The van der Waals surface area contributed by atoms with Crippen molar-refractivity contribution in [2.45, 2.75) is 51.5 Å². The molecule has 1 saturated heterocycles. The maximum absolute atomic E-state index is 13.0. The molecule has 0 spiro atoms. The van der Waals surface area contributed by atoms with Crippen molar-refractivity contribution in [1.29, 1.82) is 0 Å². The number of hydrogen-bond acceptors (Lipinski definition) is 2. The molecular weight excluding hydrogens is 289 g/mol. The van der Waals surface area contributed by atoms with Crippen molar-refractivity contribution >= 4 is 18.2 Å². The van der Waals surface area contributed by atoms with Crippen LogP contribution >= 0.6 is 12.4 Å². The van der Waals surface area contributed by atoms with Crippen molar-refractivity contribution in [3.05, 3.63) is 35.6 Å². The average Bonchev–Trinajstić information content (AvgIpc) is 2.98. The molecule has 1 aliphatic rings. The third kappa shape index (κ3) is 5.08. The van der Waals surface area contributed by atoms with Gasteiger partial charge in [-0.05, 0) is 56.6 Å². The number of carbonyl (C=O) groups is 1. The van der Waals surface area contributed by atoms with Crippen LogP contribution in [0.4, 0.5) is 4.39 Å². The van der Waals surface area contributed by atoms with E-state index >= 15 is 0 Å². The zero-order valence-electron chi connectivity index (χ0n) is 12.7. The minimum Gasteiger partial charge on any atom is -0.293 e. The number of likely N-dealkylation sites (tertiary alicyclic amines) is 1. The second kappa shape index (κ2) is 9.16. The van der Waals surface area contributed by atoms with Gasteiger partial charge in [-0.2, -0.15) is 0 Å². The van der Waals surface area contributed by atoms with Gasteiger partial charge in [0.05, 0.1) is 6.04 Å². The van der Waals surface area contributed by atoms with Gasteiger partial charge in [-0.1, -0.05) is 26.2 Å². The summed E-state index contributed by atoms with van der Waals surface area (Å²) in [5.74, 6) is -0.131. The molecule has 1 aromatic rings. The highest BCUT2D eigenvalue weighted by Crippen LogP contribution is 2.20. The van der Waals surface area contributed by atoms with Gasteiger partial charge in [-0.3, -0.25) is 9.69 Å². The summed E-state index contributed by atoms with van der Waals surface area (Å²) < 4.78 is 13.0. The molecule has 2 nitrogen and oxygen atoms in total. The Kier molecular flexibility index (Phi) is 7.91. The summed E-state index contributed by atoms with van der Waals surface area (Å²) in [5.41, 5.74) is 0.639. The molecule has 0 bridgehead atoms. The topological polar surface area (TPSA) is 20.3 Å². The first kappa shape index (κ1) is 18.1. The second-order valence-corrected chi connectivity index (χ2v) is 5.63.